The first kappa shape index (κ1) is 12.7. The first-order chi connectivity index (χ1) is 7.69. The Bertz CT molecular complexity index is 364. The number of hydrogen-bond acceptors (Lipinski definition) is 4. The van der Waals surface area contributed by atoms with Crippen molar-refractivity contribution in [2.45, 2.75) is 13.5 Å². The summed E-state index contributed by atoms with van der Waals surface area (Å²) < 4.78 is 5.43. The van der Waals surface area contributed by atoms with Gasteiger partial charge in [0.2, 0.25) is 0 Å². The normalized spacial score (nSPS) is 10.2. The summed E-state index contributed by atoms with van der Waals surface area (Å²) >= 11 is 0. The maximum atomic E-state index is 11.5. The first-order valence-electron chi connectivity index (χ1n) is 5.25. The number of ketones is 1. The van der Waals surface area contributed by atoms with Gasteiger partial charge < -0.3 is 10.1 Å². The molecule has 0 saturated heterocycles. The predicted molar refractivity (Wildman–Crippen MR) is 63.8 cm³/mol. The average molecular weight is 222 g/mol. The van der Waals surface area contributed by atoms with E-state index in [1.54, 1.807) is 14.0 Å². The number of benzene rings is 1. The maximum Gasteiger partial charge on any atom is 0.163 e. The summed E-state index contributed by atoms with van der Waals surface area (Å²) in [5, 5.41) is 5.92. The Morgan fingerprint density at radius 1 is 1.31 bits per heavy atom. The van der Waals surface area contributed by atoms with Gasteiger partial charge in [-0.2, -0.15) is 0 Å². The van der Waals surface area contributed by atoms with Gasteiger partial charge in [0.15, 0.2) is 5.78 Å². The number of hydrogen-bond donors (Lipinski definition) is 2. The van der Waals surface area contributed by atoms with Crippen LogP contribution in [0, 0.1) is 0 Å². The number of rotatable bonds is 6. The highest BCUT2D eigenvalue weighted by atomic mass is 16.5. The highest BCUT2D eigenvalue weighted by Gasteiger charge is 2.09. The Labute approximate surface area is 96.0 Å². The van der Waals surface area contributed by atoms with Gasteiger partial charge in [0.25, 0.3) is 0 Å². The van der Waals surface area contributed by atoms with Crippen molar-refractivity contribution in [2.75, 3.05) is 20.8 Å². The van der Waals surface area contributed by atoms with Crippen LogP contribution in [0.25, 0.3) is 0 Å². The molecule has 16 heavy (non-hydrogen) atoms. The number of carbonyl (C=O) groups excluding carboxylic acids is 1. The van der Waals surface area contributed by atoms with Gasteiger partial charge in [0.1, 0.15) is 12.5 Å². The van der Waals surface area contributed by atoms with Gasteiger partial charge in [0, 0.05) is 6.54 Å². The van der Waals surface area contributed by atoms with Crippen LogP contribution in [0.2, 0.25) is 0 Å². The molecule has 1 aromatic carbocycles. The fraction of sp³-hybridized carbons (Fsp3) is 0.417. The molecule has 1 rings (SSSR count). The molecule has 0 atom stereocenters. The molecule has 4 nitrogen and oxygen atoms in total. The average Bonchev–Trinajstić information content (AvgIpc) is 2.27. The summed E-state index contributed by atoms with van der Waals surface area (Å²) in [6, 6.07) is 5.65. The van der Waals surface area contributed by atoms with Crippen molar-refractivity contribution in [2.24, 2.45) is 0 Å². The van der Waals surface area contributed by atoms with Crippen LogP contribution < -0.4 is 15.4 Å². The number of Topliss-reactive ketones (excluding diaryl/α,β-unsaturated/α-hetero) is 1. The van der Waals surface area contributed by atoms with Crippen molar-refractivity contribution in [3.8, 4) is 5.75 Å². The molecule has 0 heterocycles. The molecular weight excluding hydrogens is 204 g/mol. The SMILES string of the molecule is CNCOc1ccc(CNC)cc1C(C)=O. The highest BCUT2D eigenvalue weighted by molar-refractivity contribution is 5.97. The summed E-state index contributed by atoms with van der Waals surface area (Å²) in [7, 11) is 3.67. The second-order valence-corrected chi connectivity index (χ2v) is 3.56. The third kappa shape index (κ3) is 3.32. The van der Waals surface area contributed by atoms with Gasteiger partial charge >= 0.3 is 0 Å². The van der Waals surface area contributed by atoms with Crippen molar-refractivity contribution in [3.05, 3.63) is 29.3 Å². The minimum atomic E-state index is 0.0176. The van der Waals surface area contributed by atoms with Gasteiger partial charge in [-0.25, -0.2) is 0 Å². The van der Waals surface area contributed by atoms with E-state index in [0.717, 1.165) is 12.1 Å². The minimum absolute atomic E-state index is 0.0176. The minimum Gasteiger partial charge on any atom is -0.478 e. The van der Waals surface area contributed by atoms with E-state index < -0.39 is 0 Å². The van der Waals surface area contributed by atoms with Crippen LogP contribution >= 0.6 is 0 Å². The van der Waals surface area contributed by atoms with Gasteiger partial charge in [-0.1, -0.05) is 6.07 Å². The second kappa shape index (κ2) is 6.25. The van der Waals surface area contributed by atoms with E-state index in [2.05, 4.69) is 10.6 Å². The Morgan fingerprint density at radius 2 is 2.06 bits per heavy atom. The molecule has 0 aliphatic heterocycles. The molecule has 0 radical (unpaired) electrons. The molecule has 0 fully saturated rings. The van der Waals surface area contributed by atoms with Crippen LogP contribution in [0.5, 0.6) is 5.75 Å². The molecule has 0 aliphatic carbocycles. The van der Waals surface area contributed by atoms with Crippen LogP contribution in [0.15, 0.2) is 18.2 Å². The summed E-state index contributed by atoms with van der Waals surface area (Å²) in [6.45, 7) is 2.68. The van der Waals surface area contributed by atoms with E-state index in [4.69, 9.17) is 4.74 Å². The standard InChI is InChI=1S/C12H18N2O2/c1-9(15)11-6-10(7-13-2)4-5-12(11)16-8-14-3/h4-6,13-14H,7-8H2,1-3H3. The molecule has 0 amide bonds. The summed E-state index contributed by atoms with van der Waals surface area (Å²) in [4.78, 5) is 11.5. The quantitative estimate of drug-likeness (QED) is 0.560. The van der Waals surface area contributed by atoms with Gasteiger partial charge in [-0.3, -0.25) is 10.1 Å². The molecule has 0 aromatic heterocycles. The Kier molecular flexibility index (Phi) is 4.95. The van der Waals surface area contributed by atoms with Crippen molar-refractivity contribution < 1.29 is 9.53 Å². The van der Waals surface area contributed by atoms with Crippen molar-refractivity contribution in [1.29, 1.82) is 0 Å². The molecular formula is C12H18N2O2. The zero-order valence-corrected chi connectivity index (χ0v) is 9.96. The topological polar surface area (TPSA) is 50.4 Å². The lowest BCUT2D eigenvalue weighted by molar-refractivity contribution is 0.101. The Balaban J connectivity index is 2.94. The molecule has 0 unspecified atom stereocenters. The molecule has 4 heteroatoms. The lowest BCUT2D eigenvalue weighted by atomic mass is 10.1. The predicted octanol–water partition coefficient (Wildman–Crippen LogP) is 1.16. The monoisotopic (exact) mass is 222 g/mol. The third-order valence-electron chi connectivity index (χ3n) is 2.18. The molecule has 0 spiro atoms. The van der Waals surface area contributed by atoms with E-state index in [1.165, 1.54) is 0 Å². The van der Waals surface area contributed by atoms with E-state index in [9.17, 15) is 4.79 Å². The second-order valence-electron chi connectivity index (χ2n) is 3.56. The van der Waals surface area contributed by atoms with Crippen molar-refractivity contribution in [1.82, 2.24) is 10.6 Å². The largest absolute Gasteiger partial charge is 0.478 e. The molecule has 1 aromatic rings. The van der Waals surface area contributed by atoms with Gasteiger partial charge in [-0.15, -0.1) is 0 Å². The van der Waals surface area contributed by atoms with Crippen molar-refractivity contribution >= 4 is 5.78 Å². The molecule has 2 N–H and O–H groups in total. The van der Waals surface area contributed by atoms with Crippen LogP contribution in [-0.4, -0.2) is 26.6 Å². The van der Waals surface area contributed by atoms with E-state index >= 15 is 0 Å². The molecule has 0 bridgehead atoms. The Morgan fingerprint density at radius 3 is 2.62 bits per heavy atom. The zero-order chi connectivity index (χ0) is 12.0. The van der Waals surface area contributed by atoms with Gasteiger partial charge in [0.05, 0.1) is 5.56 Å². The van der Waals surface area contributed by atoms with Crippen LogP contribution in [0.4, 0.5) is 0 Å². The molecule has 88 valence electrons. The van der Waals surface area contributed by atoms with Crippen LogP contribution in [0.1, 0.15) is 22.8 Å². The van der Waals surface area contributed by atoms with Crippen LogP contribution in [0.3, 0.4) is 0 Å². The van der Waals surface area contributed by atoms with E-state index in [1.807, 2.05) is 25.2 Å². The van der Waals surface area contributed by atoms with E-state index in [-0.39, 0.29) is 5.78 Å². The highest BCUT2D eigenvalue weighted by Crippen LogP contribution is 2.20. The Hall–Kier alpha value is -1.39. The maximum absolute atomic E-state index is 11.5. The van der Waals surface area contributed by atoms with Gasteiger partial charge in [-0.05, 0) is 38.7 Å². The first-order valence-corrected chi connectivity index (χ1v) is 5.25. The number of nitrogens with one attached hydrogen (secondary N) is 2. The smallest absolute Gasteiger partial charge is 0.163 e. The van der Waals surface area contributed by atoms with Crippen molar-refractivity contribution in [3.63, 3.8) is 0 Å². The summed E-state index contributed by atoms with van der Waals surface area (Å²) in [6.07, 6.45) is 0. The lowest BCUT2D eigenvalue weighted by Gasteiger charge is -2.10. The number of ether oxygens (including phenoxy) is 1. The fourth-order valence-corrected chi connectivity index (χ4v) is 1.44. The zero-order valence-electron chi connectivity index (χ0n) is 9.96. The molecule has 0 aliphatic rings. The van der Waals surface area contributed by atoms with Crippen LogP contribution in [-0.2, 0) is 6.54 Å². The molecule has 0 saturated carbocycles. The number of carbonyl (C=O) groups is 1. The lowest BCUT2D eigenvalue weighted by Crippen LogP contribution is -2.16. The fourth-order valence-electron chi connectivity index (χ4n) is 1.44. The van der Waals surface area contributed by atoms with E-state index in [0.29, 0.717) is 18.0 Å². The summed E-state index contributed by atoms with van der Waals surface area (Å²) in [5.41, 5.74) is 1.70. The summed E-state index contributed by atoms with van der Waals surface area (Å²) in [5.74, 6) is 0.644. The third-order valence-corrected chi connectivity index (χ3v) is 2.18.